The molecule has 1 fully saturated rings. The molecule has 2 aliphatic rings. The zero-order valence-corrected chi connectivity index (χ0v) is 16.9. The second kappa shape index (κ2) is 6.78. The van der Waals surface area contributed by atoms with E-state index in [1.807, 2.05) is 0 Å². The van der Waals surface area contributed by atoms with Gasteiger partial charge in [-0.05, 0) is 24.5 Å². The van der Waals surface area contributed by atoms with Crippen LogP contribution in [0.4, 0.5) is 20.2 Å². The van der Waals surface area contributed by atoms with Gasteiger partial charge in [0.2, 0.25) is 0 Å². The number of aromatic nitrogens is 1. The third kappa shape index (κ3) is 3.61. The fourth-order valence-electron chi connectivity index (χ4n) is 3.16. The van der Waals surface area contributed by atoms with Crippen LogP contribution < -0.4 is 20.5 Å². The zero-order chi connectivity index (χ0) is 22.6. The number of benzene rings is 1. The number of amides is 1. The van der Waals surface area contributed by atoms with Crippen molar-refractivity contribution in [3.63, 3.8) is 0 Å². The molecule has 0 saturated heterocycles. The second-order valence-electron chi connectivity index (χ2n) is 7.18. The lowest BCUT2D eigenvalue weighted by atomic mass is 9.99. The molecule has 3 N–H and O–H groups in total. The Balaban J connectivity index is 1.71. The number of halogens is 2. The SMILES string of the molecule is CCS(=O)(=O)c1cc(C2(C#N)CC2)cnc1C(=O)Nc1cc2c(cc1N)OC(F)(F)O2. The molecule has 0 radical (unpaired) electrons. The summed E-state index contributed by atoms with van der Waals surface area (Å²) < 4.78 is 60.4. The van der Waals surface area contributed by atoms with Crippen LogP contribution in [0.25, 0.3) is 0 Å². The first-order valence-corrected chi connectivity index (χ1v) is 10.8. The molecule has 1 aromatic carbocycles. The molecule has 1 amide bonds. The molecule has 2 heterocycles. The van der Waals surface area contributed by atoms with Crippen LogP contribution in [0.3, 0.4) is 0 Å². The number of sulfone groups is 1. The van der Waals surface area contributed by atoms with Crippen LogP contribution in [-0.2, 0) is 15.3 Å². The molecule has 1 aliphatic heterocycles. The lowest BCUT2D eigenvalue weighted by Crippen LogP contribution is -2.25. The maximum atomic E-state index is 13.2. The number of hydrogen-bond acceptors (Lipinski definition) is 8. The highest BCUT2D eigenvalue weighted by Gasteiger charge is 2.46. The van der Waals surface area contributed by atoms with Crippen molar-refractivity contribution in [3.8, 4) is 17.6 Å². The van der Waals surface area contributed by atoms with E-state index >= 15 is 0 Å². The smallest absolute Gasteiger partial charge is 0.397 e. The molecule has 0 spiro atoms. The summed E-state index contributed by atoms with van der Waals surface area (Å²) in [4.78, 5) is 16.5. The number of alkyl halides is 2. The summed E-state index contributed by atoms with van der Waals surface area (Å²) >= 11 is 0. The van der Waals surface area contributed by atoms with Gasteiger partial charge in [-0.2, -0.15) is 5.26 Å². The monoisotopic (exact) mass is 450 g/mol. The first kappa shape index (κ1) is 20.8. The van der Waals surface area contributed by atoms with Gasteiger partial charge >= 0.3 is 6.29 Å². The van der Waals surface area contributed by atoms with E-state index in [-0.39, 0.29) is 33.5 Å². The molecular weight excluding hydrogens is 434 g/mol. The molecule has 9 nitrogen and oxygen atoms in total. The van der Waals surface area contributed by atoms with E-state index in [0.717, 1.165) is 12.1 Å². The highest BCUT2D eigenvalue weighted by atomic mass is 32.2. The Morgan fingerprint density at radius 1 is 1.29 bits per heavy atom. The van der Waals surface area contributed by atoms with Crippen molar-refractivity contribution in [2.75, 3.05) is 16.8 Å². The van der Waals surface area contributed by atoms with Gasteiger partial charge in [0.25, 0.3) is 5.91 Å². The summed E-state index contributed by atoms with van der Waals surface area (Å²) in [7, 11) is -3.87. The number of nitrogen functional groups attached to an aromatic ring is 1. The Bertz CT molecular complexity index is 1250. The first-order valence-electron chi connectivity index (χ1n) is 9.15. The zero-order valence-electron chi connectivity index (χ0n) is 16.1. The quantitative estimate of drug-likeness (QED) is 0.662. The van der Waals surface area contributed by atoms with Gasteiger partial charge in [0.15, 0.2) is 21.3 Å². The highest BCUT2D eigenvalue weighted by molar-refractivity contribution is 7.91. The van der Waals surface area contributed by atoms with Crippen LogP contribution in [0.1, 0.15) is 35.8 Å². The van der Waals surface area contributed by atoms with Crippen molar-refractivity contribution in [1.82, 2.24) is 4.98 Å². The Morgan fingerprint density at radius 2 is 1.94 bits per heavy atom. The van der Waals surface area contributed by atoms with Gasteiger partial charge in [0.1, 0.15) is 5.69 Å². The van der Waals surface area contributed by atoms with E-state index in [4.69, 9.17) is 5.73 Å². The molecule has 1 aromatic heterocycles. The highest BCUT2D eigenvalue weighted by Crippen LogP contribution is 2.48. The summed E-state index contributed by atoms with van der Waals surface area (Å²) in [5, 5.41) is 11.8. The molecule has 12 heteroatoms. The number of ether oxygens (including phenoxy) is 2. The Hall–Kier alpha value is -3.46. The fourth-order valence-corrected chi connectivity index (χ4v) is 4.22. The minimum atomic E-state index is -3.87. The van der Waals surface area contributed by atoms with Crippen LogP contribution in [0, 0.1) is 11.3 Å². The van der Waals surface area contributed by atoms with Gasteiger partial charge < -0.3 is 20.5 Å². The third-order valence-electron chi connectivity index (χ3n) is 5.12. The summed E-state index contributed by atoms with van der Waals surface area (Å²) in [5.41, 5.74) is 4.82. The van der Waals surface area contributed by atoms with Crippen molar-refractivity contribution in [2.24, 2.45) is 0 Å². The Labute approximate surface area is 175 Å². The number of nitriles is 1. The van der Waals surface area contributed by atoms with Crippen molar-refractivity contribution < 1.29 is 31.5 Å². The molecule has 0 bridgehead atoms. The van der Waals surface area contributed by atoms with Gasteiger partial charge in [-0.25, -0.2) is 13.4 Å². The summed E-state index contributed by atoms with van der Waals surface area (Å²) in [6.45, 7) is 1.41. The van der Waals surface area contributed by atoms with Crippen LogP contribution >= 0.6 is 0 Å². The average Bonchev–Trinajstić information content (AvgIpc) is 3.46. The van der Waals surface area contributed by atoms with Gasteiger partial charge in [0, 0.05) is 18.3 Å². The number of anilines is 2. The van der Waals surface area contributed by atoms with Crippen molar-refractivity contribution in [1.29, 1.82) is 5.26 Å². The number of rotatable bonds is 5. The van der Waals surface area contributed by atoms with E-state index in [1.54, 1.807) is 0 Å². The number of fused-ring (bicyclic) bond motifs is 1. The number of carbonyl (C=O) groups excluding carboxylic acids is 1. The predicted octanol–water partition coefficient (Wildman–Crippen LogP) is 2.59. The number of nitrogens with one attached hydrogen (secondary N) is 1. The Kier molecular flexibility index (Phi) is 4.55. The summed E-state index contributed by atoms with van der Waals surface area (Å²) in [6, 6.07) is 5.54. The molecule has 162 valence electrons. The van der Waals surface area contributed by atoms with Gasteiger partial charge in [-0.1, -0.05) is 6.92 Å². The first-order chi connectivity index (χ1) is 14.5. The largest absolute Gasteiger partial charge is 0.586 e. The topological polar surface area (TPSA) is 144 Å². The summed E-state index contributed by atoms with van der Waals surface area (Å²) in [6.07, 6.45) is -1.43. The van der Waals surface area contributed by atoms with Crippen molar-refractivity contribution in [2.45, 2.75) is 36.4 Å². The second-order valence-corrected chi connectivity index (χ2v) is 9.42. The van der Waals surface area contributed by atoms with Crippen LogP contribution in [0.5, 0.6) is 11.5 Å². The lowest BCUT2D eigenvalue weighted by Gasteiger charge is -2.14. The molecule has 2 aromatic rings. The molecule has 1 aliphatic carbocycles. The van der Waals surface area contributed by atoms with Crippen LogP contribution in [0.2, 0.25) is 0 Å². The van der Waals surface area contributed by atoms with Crippen LogP contribution in [-0.4, -0.2) is 31.4 Å². The average molecular weight is 450 g/mol. The standard InChI is InChI=1S/C19H16F2N4O5S/c1-2-31(27,28)15-5-10(18(9-22)3-4-18)8-24-16(15)17(26)25-12-7-14-13(6-11(12)23)29-19(20,21)30-14/h5-8H,2-4,23H2,1H3,(H,25,26). The number of nitrogens with two attached hydrogens (primary N) is 1. The fraction of sp³-hybridized carbons (Fsp3) is 0.316. The molecule has 31 heavy (non-hydrogen) atoms. The molecular formula is C19H16F2N4O5S. The van der Waals surface area contributed by atoms with Crippen molar-refractivity contribution in [3.05, 3.63) is 35.7 Å². The van der Waals surface area contributed by atoms with Gasteiger partial charge in [-0.3, -0.25) is 4.79 Å². The van der Waals surface area contributed by atoms with Gasteiger partial charge in [0.05, 0.1) is 33.5 Å². The number of pyridine rings is 1. The number of nitrogens with zero attached hydrogens (tertiary/aromatic N) is 2. The van der Waals surface area contributed by atoms with E-state index in [2.05, 4.69) is 25.8 Å². The predicted molar refractivity (Wildman–Crippen MR) is 103 cm³/mol. The third-order valence-corrected chi connectivity index (χ3v) is 6.86. The maximum absolute atomic E-state index is 13.2. The molecule has 0 unspecified atom stereocenters. The number of carbonyl (C=O) groups is 1. The van der Waals surface area contributed by atoms with E-state index in [1.165, 1.54) is 19.2 Å². The maximum Gasteiger partial charge on any atom is 0.586 e. The number of hydrogen-bond donors (Lipinski definition) is 2. The minimum absolute atomic E-state index is 0.0912. The van der Waals surface area contributed by atoms with E-state index < -0.39 is 33.1 Å². The summed E-state index contributed by atoms with van der Waals surface area (Å²) in [5.74, 6) is -1.86. The minimum Gasteiger partial charge on any atom is -0.397 e. The Morgan fingerprint density at radius 3 is 2.52 bits per heavy atom. The molecule has 0 atom stereocenters. The lowest BCUT2D eigenvalue weighted by molar-refractivity contribution is -0.286. The van der Waals surface area contributed by atoms with E-state index in [0.29, 0.717) is 18.4 Å². The molecule has 1 saturated carbocycles. The van der Waals surface area contributed by atoms with Crippen LogP contribution in [0.15, 0.2) is 29.3 Å². The van der Waals surface area contributed by atoms with Gasteiger partial charge in [-0.15, -0.1) is 8.78 Å². The van der Waals surface area contributed by atoms with E-state index in [9.17, 15) is 27.3 Å². The van der Waals surface area contributed by atoms with Crippen molar-refractivity contribution >= 4 is 27.1 Å². The normalized spacial score (nSPS) is 17.6. The molecule has 4 rings (SSSR count).